The Labute approximate surface area is 195 Å². The van der Waals surface area contributed by atoms with Crippen LogP contribution in [0, 0.1) is 11.3 Å². The van der Waals surface area contributed by atoms with E-state index in [0.717, 1.165) is 0 Å². The molecule has 188 valence electrons. The van der Waals surface area contributed by atoms with Crippen LogP contribution < -0.4 is 10.6 Å². The van der Waals surface area contributed by atoms with Crippen molar-refractivity contribution < 1.29 is 33.8 Å². The highest BCUT2D eigenvalue weighted by atomic mass is 16.6. The van der Waals surface area contributed by atoms with Crippen molar-refractivity contribution in [3.05, 3.63) is 0 Å². The molecule has 1 aliphatic carbocycles. The second-order valence-corrected chi connectivity index (χ2v) is 11.1. The van der Waals surface area contributed by atoms with Gasteiger partial charge in [0.2, 0.25) is 11.8 Å². The summed E-state index contributed by atoms with van der Waals surface area (Å²) in [6, 6.07) is -1.97. The molecule has 2 rings (SSSR count). The molecule has 2 fully saturated rings. The Morgan fingerprint density at radius 3 is 2.21 bits per heavy atom. The maximum absolute atomic E-state index is 13.5. The second-order valence-electron chi connectivity index (χ2n) is 11.1. The number of aliphatic hydroxyl groups is 1. The lowest BCUT2D eigenvalue weighted by atomic mass is 9.85. The Kier molecular flexibility index (Phi) is 7.72. The van der Waals surface area contributed by atoms with Gasteiger partial charge in [0.1, 0.15) is 23.2 Å². The Bertz CT molecular complexity index is 786. The van der Waals surface area contributed by atoms with Gasteiger partial charge in [-0.2, -0.15) is 0 Å². The highest BCUT2D eigenvalue weighted by Crippen LogP contribution is 2.47. The third-order valence-corrected chi connectivity index (χ3v) is 6.13. The van der Waals surface area contributed by atoms with Crippen LogP contribution in [0.4, 0.5) is 4.79 Å². The number of aliphatic hydroxyl groups excluding tert-OH is 1. The summed E-state index contributed by atoms with van der Waals surface area (Å²) >= 11 is 0. The topological polar surface area (TPSA) is 134 Å². The molecule has 1 saturated heterocycles. The monoisotopic (exact) mass is 469 g/mol. The first kappa shape index (κ1) is 26.9. The summed E-state index contributed by atoms with van der Waals surface area (Å²) < 4.78 is 10.2. The first-order valence-corrected chi connectivity index (χ1v) is 11.4. The average molecular weight is 470 g/mol. The average Bonchev–Trinajstić information content (AvgIpc) is 3.25. The van der Waals surface area contributed by atoms with Crippen molar-refractivity contribution in [3.8, 4) is 0 Å². The van der Waals surface area contributed by atoms with Gasteiger partial charge in [-0.05, 0) is 38.5 Å². The van der Waals surface area contributed by atoms with Gasteiger partial charge in [0, 0.05) is 13.0 Å². The summed E-state index contributed by atoms with van der Waals surface area (Å²) in [7, 11) is 1.27. The van der Waals surface area contributed by atoms with E-state index < -0.39 is 58.6 Å². The van der Waals surface area contributed by atoms with Crippen molar-refractivity contribution >= 4 is 23.9 Å². The Morgan fingerprint density at radius 2 is 1.76 bits per heavy atom. The lowest BCUT2D eigenvalue weighted by Gasteiger charge is -2.36. The Morgan fingerprint density at radius 1 is 1.15 bits per heavy atom. The second kappa shape index (κ2) is 9.48. The van der Waals surface area contributed by atoms with Crippen LogP contribution >= 0.6 is 0 Å². The molecule has 10 nitrogen and oxygen atoms in total. The fraction of sp³-hybridized carbons (Fsp3) is 0.826. The molecular weight excluding hydrogens is 430 g/mol. The van der Waals surface area contributed by atoms with Gasteiger partial charge in [-0.15, -0.1) is 0 Å². The van der Waals surface area contributed by atoms with Gasteiger partial charge < -0.3 is 30.1 Å². The zero-order valence-electron chi connectivity index (χ0n) is 21.0. The van der Waals surface area contributed by atoms with E-state index in [1.165, 1.54) is 12.0 Å². The van der Waals surface area contributed by atoms with Crippen molar-refractivity contribution in [1.82, 2.24) is 15.5 Å². The van der Waals surface area contributed by atoms with Crippen molar-refractivity contribution in [3.63, 3.8) is 0 Å². The lowest BCUT2D eigenvalue weighted by molar-refractivity contribution is -0.148. The van der Waals surface area contributed by atoms with Crippen molar-refractivity contribution in [2.75, 3.05) is 13.7 Å². The number of likely N-dealkylation sites (tertiary alicyclic amines) is 1. The van der Waals surface area contributed by atoms with Crippen LogP contribution in [0.3, 0.4) is 0 Å². The van der Waals surface area contributed by atoms with Gasteiger partial charge in [-0.3, -0.25) is 9.59 Å². The van der Waals surface area contributed by atoms with Gasteiger partial charge in [0.15, 0.2) is 0 Å². The summed E-state index contributed by atoms with van der Waals surface area (Å²) in [4.78, 5) is 52.7. The maximum Gasteiger partial charge on any atom is 0.408 e. The number of ether oxygens (including phenoxy) is 2. The van der Waals surface area contributed by atoms with Crippen LogP contribution in [0.1, 0.15) is 67.7 Å². The molecule has 33 heavy (non-hydrogen) atoms. The molecule has 3 N–H and O–H groups in total. The fourth-order valence-electron chi connectivity index (χ4n) is 4.31. The SMILES string of the molecule is CC[C@@H]1C[C@]1(NC(=O)[C@@H]1C[C@@H](O)CN1C(=O)[C@@H](NC(=O)OC(C)(C)C)C(C)(C)C)C(=O)OC. The van der Waals surface area contributed by atoms with E-state index >= 15 is 0 Å². The van der Waals surface area contributed by atoms with Crippen molar-refractivity contribution in [2.45, 2.75) is 97.1 Å². The van der Waals surface area contributed by atoms with E-state index in [1.54, 1.807) is 41.5 Å². The molecule has 1 aliphatic heterocycles. The van der Waals surface area contributed by atoms with E-state index in [9.17, 15) is 24.3 Å². The van der Waals surface area contributed by atoms with Crippen LogP contribution in [0.5, 0.6) is 0 Å². The summed E-state index contributed by atoms with van der Waals surface area (Å²) in [5.74, 6) is -1.58. The highest BCUT2D eigenvalue weighted by molar-refractivity contribution is 5.96. The molecule has 0 aromatic rings. The number of methoxy groups -OCH3 is 1. The van der Waals surface area contributed by atoms with E-state index in [0.29, 0.717) is 12.8 Å². The van der Waals surface area contributed by atoms with Crippen LogP contribution in [0.25, 0.3) is 0 Å². The van der Waals surface area contributed by atoms with Crippen LogP contribution in [-0.2, 0) is 23.9 Å². The third-order valence-electron chi connectivity index (χ3n) is 6.13. The Balaban J connectivity index is 2.23. The molecule has 1 heterocycles. The number of amides is 3. The first-order chi connectivity index (χ1) is 15.1. The van der Waals surface area contributed by atoms with Crippen molar-refractivity contribution in [1.29, 1.82) is 0 Å². The molecular formula is C23H39N3O7. The van der Waals surface area contributed by atoms with Gasteiger partial charge >= 0.3 is 12.1 Å². The number of rotatable bonds is 6. The molecule has 0 spiro atoms. The minimum absolute atomic E-state index is 0.0366. The molecule has 0 bridgehead atoms. The predicted molar refractivity (Wildman–Crippen MR) is 120 cm³/mol. The number of carbonyl (C=O) groups excluding carboxylic acids is 4. The number of hydrogen-bond donors (Lipinski definition) is 3. The van der Waals surface area contributed by atoms with Crippen molar-refractivity contribution in [2.24, 2.45) is 11.3 Å². The minimum Gasteiger partial charge on any atom is -0.467 e. The molecule has 2 aliphatic rings. The number of esters is 1. The Hall–Kier alpha value is -2.36. The van der Waals surface area contributed by atoms with E-state index in [4.69, 9.17) is 9.47 Å². The molecule has 1 saturated carbocycles. The zero-order chi connectivity index (χ0) is 25.4. The number of carbonyl (C=O) groups is 4. The van der Waals surface area contributed by atoms with Gasteiger partial charge in [-0.25, -0.2) is 9.59 Å². The largest absolute Gasteiger partial charge is 0.467 e. The van der Waals surface area contributed by atoms with Gasteiger partial charge in [0.25, 0.3) is 0 Å². The van der Waals surface area contributed by atoms with Crippen LogP contribution in [0.15, 0.2) is 0 Å². The quantitative estimate of drug-likeness (QED) is 0.500. The van der Waals surface area contributed by atoms with Crippen LogP contribution in [0.2, 0.25) is 0 Å². The smallest absolute Gasteiger partial charge is 0.408 e. The summed E-state index contributed by atoms with van der Waals surface area (Å²) in [6.45, 7) is 12.4. The summed E-state index contributed by atoms with van der Waals surface area (Å²) in [5, 5.41) is 15.7. The number of hydrogen-bond acceptors (Lipinski definition) is 7. The number of alkyl carbamates (subject to hydrolysis) is 1. The normalized spacial score (nSPS) is 28.0. The number of nitrogens with one attached hydrogen (secondary N) is 2. The molecule has 10 heteroatoms. The maximum atomic E-state index is 13.5. The van der Waals surface area contributed by atoms with Gasteiger partial charge in [-0.1, -0.05) is 34.1 Å². The standard InChI is InChI=1S/C23H39N3O7/c1-9-13-11-23(13,19(30)32-8)25-17(28)15-10-14(27)12-26(15)18(29)16(21(2,3)4)24-20(31)33-22(5,6)7/h13-16,27H,9-12H2,1-8H3,(H,24,31)(H,25,28)/t13-,14-,15+,16-,23-/m1/s1. The zero-order valence-corrected chi connectivity index (χ0v) is 21.0. The number of nitrogens with zero attached hydrogens (tertiary/aromatic N) is 1. The van der Waals surface area contributed by atoms with Gasteiger partial charge in [0.05, 0.1) is 13.2 Å². The fourth-order valence-corrected chi connectivity index (χ4v) is 4.31. The highest BCUT2D eigenvalue weighted by Gasteiger charge is 2.62. The minimum atomic E-state index is -1.10. The molecule has 0 aromatic carbocycles. The van der Waals surface area contributed by atoms with Crippen LogP contribution in [-0.4, -0.2) is 76.9 Å². The molecule has 0 aromatic heterocycles. The van der Waals surface area contributed by atoms with E-state index in [1.807, 2.05) is 6.92 Å². The molecule has 5 atom stereocenters. The lowest BCUT2D eigenvalue weighted by Crippen LogP contribution is -2.59. The summed E-state index contributed by atoms with van der Waals surface area (Å²) in [5.41, 5.74) is -2.54. The van der Waals surface area contributed by atoms with E-state index in [2.05, 4.69) is 10.6 Å². The third kappa shape index (κ3) is 6.16. The summed E-state index contributed by atoms with van der Waals surface area (Å²) in [6.07, 6.45) is -0.450. The number of β-amino-alcohol motifs (C(OH)–C–C–N with tert-alkyl or cyclic N) is 1. The molecule has 0 radical (unpaired) electrons. The molecule has 0 unspecified atom stereocenters. The first-order valence-electron chi connectivity index (χ1n) is 11.4. The van der Waals surface area contributed by atoms with E-state index in [-0.39, 0.29) is 18.9 Å². The predicted octanol–water partition coefficient (Wildman–Crippen LogP) is 1.35. The molecule has 3 amide bonds.